The largest absolute Gasteiger partial charge is 0.433 e. The first kappa shape index (κ1) is 15.5. The van der Waals surface area contributed by atoms with Crippen LogP contribution in [0.5, 0.6) is 0 Å². The number of aromatic amines is 1. The van der Waals surface area contributed by atoms with E-state index in [4.69, 9.17) is 5.73 Å². The minimum absolute atomic E-state index is 0.197. The first-order valence-corrected chi connectivity index (χ1v) is 6.11. The molecule has 0 saturated heterocycles. The molecule has 0 spiro atoms. The average molecular weight is 311 g/mol. The molecule has 1 aromatic carbocycles. The molecule has 0 aliphatic heterocycles. The number of hydrogen-bond donors (Lipinski definition) is 3. The predicted octanol–water partition coefficient (Wildman–Crippen LogP) is 2.16. The number of nitrogens with two attached hydrogens (primary N) is 1. The van der Waals surface area contributed by atoms with Crippen molar-refractivity contribution in [2.24, 2.45) is 10.7 Å². The van der Waals surface area contributed by atoms with Crippen LogP contribution in [-0.4, -0.2) is 15.9 Å². The highest BCUT2D eigenvalue weighted by molar-refractivity contribution is 5.94. The summed E-state index contributed by atoms with van der Waals surface area (Å²) in [6.07, 6.45) is -4.74. The lowest BCUT2D eigenvalue weighted by atomic mass is 10.2. The van der Waals surface area contributed by atoms with Crippen LogP contribution in [-0.2, 0) is 6.18 Å². The molecule has 0 aliphatic carbocycles. The van der Waals surface area contributed by atoms with Crippen molar-refractivity contribution in [1.29, 1.82) is 0 Å². The average Bonchev–Trinajstić information content (AvgIpc) is 2.39. The van der Waals surface area contributed by atoms with Crippen molar-refractivity contribution < 1.29 is 13.2 Å². The standard InChI is InChI=1S/C13H12F3N5O/c1-7-4-2-3-5-8(7)18-11(17)21-12-19-9(13(14,15)16)6-10(22)20-12/h2-6H,1H3,(H4,17,18,19,20,21,22). The zero-order valence-corrected chi connectivity index (χ0v) is 11.4. The van der Waals surface area contributed by atoms with E-state index in [1.54, 1.807) is 12.1 Å². The molecular formula is C13H12F3N5O. The maximum atomic E-state index is 12.6. The minimum atomic E-state index is -4.74. The van der Waals surface area contributed by atoms with Crippen molar-refractivity contribution in [3.05, 3.63) is 51.9 Å². The number of aromatic nitrogens is 2. The molecule has 2 aromatic rings. The van der Waals surface area contributed by atoms with Gasteiger partial charge >= 0.3 is 6.18 Å². The Bertz CT molecular complexity index is 767. The Morgan fingerprint density at radius 2 is 2.05 bits per heavy atom. The van der Waals surface area contributed by atoms with E-state index in [9.17, 15) is 18.0 Å². The van der Waals surface area contributed by atoms with Crippen molar-refractivity contribution in [3.63, 3.8) is 0 Å². The zero-order valence-electron chi connectivity index (χ0n) is 11.4. The maximum Gasteiger partial charge on any atom is 0.433 e. The number of H-pyrrole nitrogens is 1. The van der Waals surface area contributed by atoms with Crippen LogP contribution in [0, 0.1) is 6.92 Å². The second kappa shape index (κ2) is 5.88. The molecule has 1 heterocycles. The van der Waals surface area contributed by atoms with Crippen molar-refractivity contribution >= 4 is 17.6 Å². The summed E-state index contributed by atoms with van der Waals surface area (Å²) in [6.45, 7) is 1.82. The number of guanidine groups is 1. The molecule has 0 atom stereocenters. The van der Waals surface area contributed by atoms with E-state index in [1.807, 2.05) is 19.1 Å². The molecule has 116 valence electrons. The molecule has 2 rings (SSSR count). The molecule has 4 N–H and O–H groups in total. The molecule has 0 saturated carbocycles. The SMILES string of the molecule is Cc1ccccc1NC(N)=Nc1nc(C(F)(F)F)cc(=O)[nH]1. The van der Waals surface area contributed by atoms with E-state index in [0.29, 0.717) is 11.8 Å². The van der Waals surface area contributed by atoms with Crippen LogP contribution in [0.1, 0.15) is 11.3 Å². The van der Waals surface area contributed by atoms with Gasteiger partial charge in [-0.1, -0.05) is 18.2 Å². The van der Waals surface area contributed by atoms with Gasteiger partial charge in [0.15, 0.2) is 5.69 Å². The number of anilines is 1. The van der Waals surface area contributed by atoms with Crippen molar-refractivity contribution in [2.45, 2.75) is 13.1 Å². The highest BCUT2D eigenvalue weighted by atomic mass is 19.4. The number of nitrogens with zero attached hydrogens (tertiary/aromatic N) is 2. The summed E-state index contributed by atoms with van der Waals surface area (Å²) in [5.41, 5.74) is 4.81. The van der Waals surface area contributed by atoms with Gasteiger partial charge in [0.2, 0.25) is 11.9 Å². The van der Waals surface area contributed by atoms with Crippen LogP contribution in [0.3, 0.4) is 0 Å². The Hall–Kier alpha value is -2.84. The number of alkyl halides is 3. The number of para-hydroxylation sites is 1. The fourth-order valence-electron chi connectivity index (χ4n) is 1.64. The zero-order chi connectivity index (χ0) is 16.3. The first-order chi connectivity index (χ1) is 10.3. The van der Waals surface area contributed by atoms with Gasteiger partial charge in [0.25, 0.3) is 5.56 Å². The fraction of sp³-hybridized carbons (Fsp3) is 0.154. The molecular weight excluding hydrogens is 299 g/mol. The third-order valence-electron chi connectivity index (χ3n) is 2.65. The van der Waals surface area contributed by atoms with E-state index in [1.165, 1.54) is 0 Å². The van der Waals surface area contributed by atoms with Gasteiger partial charge in [0.05, 0.1) is 0 Å². The van der Waals surface area contributed by atoms with Crippen LogP contribution in [0.4, 0.5) is 24.8 Å². The van der Waals surface area contributed by atoms with E-state index in [-0.39, 0.29) is 5.96 Å². The van der Waals surface area contributed by atoms with Gasteiger partial charge in [-0.05, 0) is 18.6 Å². The van der Waals surface area contributed by atoms with Gasteiger partial charge in [-0.3, -0.25) is 9.78 Å². The molecule has 0 radical (unpaired) electrons. The van der Waals surface area contributed by atoms with Crippen LogP contribution < -0.4 is 16.6 Å². The lowest BCUT2D eigenvalue weighted by molar-refractivity contribution is -0.141. The Kier molecular flexibility index (Phi) is 4.15. The first-order valence-electron chi connectivity index (χ1n) is 6.11. The number of benzene rings is 1. The molecule has 9 heteroatoms. The Labute approximate surface area is 122 Å². The van der Waals surface area contributed by atoms with Gasteiger partial charge in [-0.15, -0.1) is 0 Å². The smallest absolute Gasteiger partial charge is 0.369 e. The summed E-state index contributed by atoms with van der Waals surface area (Å²) in [7, 11) is 0. The van der Waals surface area contributed by atoms with Gasteiger partial charge in [0.1, 0.15) is 0 Å². The number of aliphatic imine (C=N–C) groups is 1. The number of hydrogen-bond acceptors (Lipinski definition) is 3. The summed E-state index contributed by atoms with van der Waals surface area (Å²) in [6, 6.07) is 7.47. The normalized spacial score (nSPS) is 12.3. The van der Waals surface area contributed by atoms with Crippen molar-refractivity contribution in [2.75, 3.05) is 5.32 Å². The summed E-state index contributed by atoms with van der Waals surface area (Å²) in [4.78, 5) is 20.2. The fourth-order valence-corrected chi connectivity index (χ4v) is 1.64. The lowest BCUT2D eigenvalue weighted by Crippen LogP contribution is -2.23. The summed E-state index contributed by atoms with van der Waals surface area (Å²) in [5.74, 6) is -0.727. The summed E-state index contributed by atoms with van der Waals surface area (Å²) in [5, 5.41) is 2.72. The molecule has 0 bridgehead atoms. The van der Waals surface area contributed by atoms with E-state index < -0.39 is 23.4 Å². The van der Waals surface area contributed by atoms with Crippen LogP contribution >= 0.6 is 0 Å². The Balaban J connectivity index is 2.31. The number of aryl methyl sites for hydroxylation is 1. The third-order valence-corrected chi connectivity index (χ3v) is 2.65. The molecule has 1 aromatic heterocycles. The second-order valence-corrected chi connectivity index (χ2v) is 4.39. The molecule has 0 unspecified atom stereocenters. The summed E-state index contributed by atoms with van der Waals surface area (Å²) >= 11 is 0. The molecule has 22 heavy (non-hydrogen) atoms. The minimum Gasteiger partial charge on any atom is -0.369 e. The second-order valence-electron chi connectivity index (χ2n) is 4.39. The van der Waals surface area contributed by atoms with Crippen LogP contribution in [0.25, 0.3) is 0 Å². The monoisotopic (exact) mass is 311 g/mol. The topological polar surface area (TPSA) is 96.2 Å². The van der Waals surface area contributed by atoms with E-state index in [2.05, 4.69) is 20.3 Å². The van der Waals surface area contributed by atoms with Crippen LogP contribution in [0.2, 0.25) is 0 Å². The van der Waals surface area contributed by atoms with Crippen LogP contribution in [0.15, 0.2) is 40.1 Å². The van der Waals surface area contributed by atoms with E-state index >= 15 is 0 Å². The maximum absolute atomic E-state index is 12.6. The van der Waals surface area contributed by atoms with Gasteiger partial charge in [0, 0.05) is 11.8 Å². The molecule has 0 fully saturated rings. The van der Waals surface area contributed by atoms with Crippen molar-refractivity contribution in [1.82, 2.24) is 9.97 Å². The number of rotatable bonds is 2. The van der Waals surface area contributed by atoms with Gasteiger partial charge < -0.3 is 11.1 Å². The predicted molar refractivity (Wildman–Crippen MR) is 75.9 cm³/mol. The van der Waals surface area contributed by atoms with E-state index in [0.717, 1.165) is 5.56 Å². The molecule has 0 aliphatic rings. The highest BCUT2D eigenvalue weighted by Crippen LogP contribution is 2.27. The van der Waals surface area contributed by atoms with Gasteiger partial charge in [-0.25, -0.2) is 4.98 Å². The summed E-state index contributed by atoms with van der Waals surface area (Å²) < 4.78 is 37.7. The molecule has 6 nitrogen and oxygen atoms in total. The third kappa shape index (κ3) is 3.84. The number of halogens is 3. The lowest BCUT2D eigenvalue weighted by Gasteiger charge is -2.08. The Morgan fingerprint density at radius 3 is 2.68 bits per heavy atom. The van der Waals surface area contributed by atoms with Crippen molar-refractivity contribution in [3.8, 4) is 0 Å². The molecule has 0 amide bonds. The van der Waals surface area contributed by atoms with Gasteiger partial charge in [-0.2, -0.15) is 18.2 Å². The quantitative estimate of drug-likeness (QED) is 0.585. The Morgan fingerprint density at radius 1 is 1.36 bits per heavy atom. The highest BCUT2D eigenvalue weighted by Gasteiger charge is 2.33. The number of nitrogens with one attached hydrogen (secondary N) is 2.